The minimum Gasteiger partial charge on any atom is -0.496 e. The number of aryl methyl sites for hydroxylation is 2. The van der Waals surface area contributed by atoms with Crippen LogP contribution in [0.2, 0.25) is 0 Å². The molecule has 1 saturated heterocycles. The Hall–Kier alpha value is -2.77. The van der Waals surface area contributed by atoms with Crippen LogP contribution >= 0.6 is 0 Å². The van der Waals surface area contributed by atoms with Gasteiger partial charge >= 0.3 is 6.09 Å². The topological polar surface area (TPSA) is 76.6 Å². The van der Waals surface area contributed by atoms with E-state index < -0.39 is 5.60 Å². The molecule has 1 aliphatic heterocycles. The number of fused-ring (bicyclic) bond motifs is 3. The van der Waals surface area contributed by atoms with E-state index in [4.69, 9.17) is 17.3 Å². The van der Waals surface area contributed by atoms with Crippen molar-refractivity contribution in [1.29, 1.82) is 0 Å². The number of methoxy groups -OCH3 is 1. The Labute approximate surface area is 197 Å². The van der Waals surface area contributed by atoms with Gasteiger partial charge in [-0.3, -0.25) is 0 Å². The van der Waals surface area contributed by atoms with E-state index in [1.54, 1.807) is 12.0 Å². The van der Waals surface area contributed by atoms with Gasteiger partial charge < -0.3 is 19.7 Å². The molecule has 174 valence electrons. The van der Waals surface area contributed by atoms with Crippen LogP contribution in [-0.4, -0.2) is 60.9 Å². The van der Waals surface area contributed by atoms with Crippen molar-refractivity contribution in [3.05, 3.63) is 29.3 Å². The third-order valence-electron chi connectivity index (χ3n) is 6.10. The molecule has 33 heavy (non-hydrogen) atoms. The van der Waals surface area contributed by atoms with Crippen molar-refractivity contribution in [3.8, 4) is 17.0 Å². The van der Waals surface area contributed by atoms with Gasteiger partial charge in [0.05, 0.1) is 7.11 Å². The lowest BCUT2D eigenvalue weighted by molar-refractivity contribution is 0.0206. The Balaban J connectivity index is 1.55. The molecule has 1 amide bonds. The molecule has 1 unspecified atom stereocenters. The van der Waals surface area contributed by atoms with E-state index in [1.165, 1.54) is 0 Å². The van der Waals surface area contributed by atoms with Gasteiger partial charge in [0.15, 0.2) is 0 Å². The molecule has 1 fully saturated rings. The van der Waals surface area contributed by atoms with E-state index in [9.17, 15) is 4.79 Å². The molecule has 1 aromatic heterocycles. The SMILES string of the molecule is [B]c1cc2c(c(OC)c1)-c1nnc(NC3CCCN(C(=O)OC(C)(C)C)C3)cc1CCCC2. The van der Waals surface area contributed by atoms with E-state index in [0.29, 0.717) is 18.6 Å². The van der Waals surface area contributed by atoms with E-state index in [-0.39, 0.29) is 12.1 Å². The zero-order chi connectivity index (χ0) is 23.6. The molecule has 1 atom stereocenters. The van der Waals surface area contributed by atoms with Crippen molar-refractivity contribution in [2.75, 3.05) is 25.5 Å². The summed E-state index contributed by atoms with van der Waals surface area (Å²) < 4.78 is 11.2. The molecule has 7 nitrogen and oxygen atoms in total. The smallest absolute Gasteiger partial charge is 0.410 e. The summed E-state index contributed by atoms with van der Waals surface area (Å²) in [5.74, 6) is 1.48. The van der Waals surface area contributed by atoms with Crippen LogP contribution in [0.25, 0.3) is 11.3 Å². The Kier molecular flexibility index (Phi) is 6.82. The number of anilines is 1. The lowest BCUT2D eigenvalue weighted by Gasteiger charge is -2.34. The second-order valence-electron chi connectivity index (χ2n) is 9.98. The quantitative estimate of drug-likeness (QED) is 0.723. The Bertz CT molecular complexity index is 1020. The summed E-state index contributed by atoms with van der Waals surface area (Å²) in [6.45, 7) is 6.96. The first-order chi connectivity index (χ1) is 15.7. The number of aromatic nitrogens is 2. The van der Waals surface area contributed by atoms with Crippen molar-refractivity contribution in [3.63, 3.8) is 0 Å². The number of hydrogen-bond donors (Lipinski definition) is 1. The zero-order valence-corrected chi connectivity index (χ0v) is 20.1. The van der Waals surface area contributed by atoms with E-state index in [0.717, 1.165) is 72.5 Å². The average Bonchev–Trinajstić information content (AvgIpc) is 2.74. The largest absolute Gasteiger partial charge is 0.496 e. The van der Waals surface area contributed by atoms with Crippen molar-refractivity contribution >= 4 is 25.2 Å². The van der Waals surface area contributed by atoms with Crippen LogP contribution in [0.5, 0.6) is 5.75 Å². The standard InChI is InChI=1S/C25H33BN4O3/c1-25(2,3)33-24(31)30-11-7-10-19(15-30)27-21-13-17-9-6-5-8-16-12-18(26)14-20(32-4)22(16)23(17)29-28-21/h12-14,19H,5-11,15H2,1-4H3,(H,27,28). The molecular weight excluding hydrogens is 415 g/mol. The summed E-state index contributed by atoms with van der Waals surface area (Å²) in [6, 6.07) is 6.08. The number of ether oxygens (including phenoxy) is 2. The number of piperidine rings is 1. The number of nitrogens with zero attached hydrogens (tertiary/aromatic N) is 3. The number of nitrogens with one attached hydrogen (secondary N) is 1. The predicted molar refractivity (Wildman–Crippen MR) is 131 cm³/mol. The van der Waals surface area contributed by atoms with Crippen molar-refractivity contribution in [2.24, 2.45) is 0 Å². The van der Waals surface area contributed by atoms with Crippen LogP contribution in [0.3, 0.4) is 0 Å². The summed E-state index contributed by atoms with van der Waals surface area (Å²) >= 11 is 0. The van der Waals surface area contributed by atoms with Crippen LogP contribution in [0.1, 0.15) is 57.6 Å². The van der Waals surface area contributed by atoms with E-state index >= 15 is 0 Å². The van der Waals surface area contributed by atoms with Gasteiger partial charge in [0.1, 0.15) is 30.7 Å². The molecular formula is C25H33BN4O3. The van der Waals surface area contributed by atoms with Gasteiger partial charge in [0.2, 0.25) is 0 Å². The fourth-order valence-corrected chi connectivity index (χ4v) is 4.65. The third-order valence-corrected chi connectivity index (χ3v) is 6.10. The second kappa shape index (κ2) is 9.61. The van der Waals surface area contributed by atoms with Crippen LogP contribution < -0.4 is 15.5 Å². The van der Waals surface area contributed by atoms with E-state index in [2.05, 4.69) is 21.6 Å². The van der Waals surface area contributed by atoms with Gasteiger partial charge in [-0.1, -0.05) is 11.5 Å². The molecule has 1 aromatic carbocycles. The molecule has 1 N–H and O–H groups in total. The summed E-state index contributed by atoms with van der Waals surface area (Å²) in [7, 11) is 7.76. The van der Waals surface area contributed by atoms with Crippen molar-refractivity contribution < 1.29 is 14.3 Å². The third kappa shape index (κ3) is 5.60. The fraction of sp³-hybridized carbons (Fsp3) is 0.560. The first-order valence-corrected chi connectivity index (χ1v) is 11.8. The van der Waals surface area contributed by atoms with Crippen LogP contribution in [0.4, 0.5) is 10.6 Å². The van der Waals surface area contributed by atoms with E-state index in [1.807, 2.05) is 32.9 Å². The van der Waals surface area contributed by atoms with Gasteiger partial charge in [-0.25, -0.2) is 4.79 Å². The normalized spacial score (nSPS) is 18.4. The fourth-order valence-electron chi connectivity index (χ4n) is 4.65. The summed E-state index contributed by atoms with van der Waals surface area (Å²) in [5, 5.41) is 12.6. The first kappa shape index (κ1) is 23.4. The predicted octanol–water partition coefficient (Wildman–Crippen LogP) is 3.64. The number of amides is 1. The first-order valence-electron chi connectivity index (χ1n) is 11.8. The molecule has 4 rings (SSSR count). The summed E-state index contributed by atoms with van der Waals surface area (Å²) in [6.07, 6.45) is 5.65. The van der Waals surface area contributed by atoms with Crippen LogP contribution in [-0.2, 0) is 17.6 Å². The van der Waals surface area contributed by atoms with Crippen LogP contribution in [0.15, 0.2) is 18.2 Å². The minimum atomic E-state index is -0.499. The monoisotopic (exact) mass is 448 g/mol. The molecule has 0 saturated carbocycles. The van der Waals surface area contributed by atoms with Crippen LogP contribution in [0, 0.1) is 0 Å². The highest BCUT2D eigenvalue weighted by Gasteiger charge is 2.28. The molecule has 2 aliphatic rings. The highest BCUT2D eigenvalue weighted by molar-refractivity contribution is 6.32. The molecule has 2 radical (unpaired) electrons. The molecule has 8 heteroatoms. The lowest BCUT2D eigenvalue weighted by Crippen LogP contribution is -2.47. The average molecular weight is 448 g/mol. The van der Waals surface area contributed by atoms with Crippen molar-refractivity contribution in [2.45, 2.75) is 70.9 Å². The number of rotatable bonds is 3. The maximum Gasteiger partial charge on any atom is 0.410 e. The van der Waals surface area contributed by atoms with Gasteiger partial charge in [-0.2, -0.15) is 0 Å². The number of benzene rings is 1. The number of carbonyl (C=O) groups excluding carboxylic acids is 1. The number of likely N-dealkylation sites (tertiary alicyclic amines) is 1. The van der Waals surface area contributed by atoms with Gasteiger partial charge in [0, 0.05) is 24.7 Å². The summed E-state index contributed by atoms with van der Waals surface area (Å²) in [4.78, 5) is 14.3. The maximum absolute atomic E-state index is 12.5. The molecule has 0 bridgehead atoms. The molecule has 2 heterocycles. The van der Waals surface area contributed by atoms with Gasteiger partial charge in [0.25, 0.3) is 0 Å². The Morgan fingerprint density at radius 3 is 2.61 bits per heavy atom. The molecule has 2 aromatic rings. The minimum absolute atomic E-state index is 0.105. The highest BCUT2D eigenvalue weighted by Crippen LogP contribution is 2.37. The van der Waals surface area contributed by atoms with Crippen molar-refractivity contribution in [1.82, 2.24) is 15.1 Å². The lowest BCUT2D eigenvalue weighted by atomic mass is 9.85. The summed E-state index contributed by atoms with van der Waals surface area (Å²) in [5.41, 5.74) is 4.37. The van der Waals surface area contributed by atoms with Gasteiger partial charge in [-0.05, 0) is 82.6 Å². The Morgan fingerprint density at radius 2 is 1.88 bits per heavy atom. The second-order valence-corrected chi connectivity index (χ2v) is 9.98. The Morgan fingerprint density at radius 1 is 1.12 bits per heavy atom. The van der Waals surface area contributed by atoms with Gasteiger partial charge in [-0.15, -0.1) is 10.2 Å². The molecule has 0 spiro atoms. The highest BCUT2D eigenvalue weighted by atomic mass is 16.6. The molecule has 1 aliphatic carbocycles. The maximum atomic E-state index is 12.5. The number of carbonyl (C=O) groups is 1. The zero-order valence-electron chi connectivity index (χ0n) is 20.1. The number of hydrogen-bond acceptors (Lipinski definition) is 6.